The minimum atomic E-state index is -1.01. The molecule has 0 saturated carbocycles. The van der Waals surface area contributed by atoms with Gasteiger partial charge in [-0.25, -0.2) is 4.79 Å². The lowest BCUT2D eigenvalue weighted by molar-refractivity contribution is -0.134. The van der Waals surface area contributed by atoms with Crippen LogP contribution < -0.4 is 15.4 Å². The molecular weight excluding hydrogens is 408 g/mol. The number of rotatable bonds is 7. The Labute approximate surface area is 185 Å². The Hall–Kier alpha value is -3.81. The van der Waals surface area contributed by atoms with Gasteiger partial charge in [0.2, 0.25) is 5.91 Å². The van der Waals surface area contributed by atoms with Gasteiger partial charge in [-0.05, 0) is 43.2 Å². The van der Waals surface area contributed by atoms with E-state index in [9.17, 15) is 14.4 Å². The molecule has 4 rings (SSSR count). The number of imide groups is 1. The van der Waals surface area contributed by atoms with E-state index in [-0.39, 0.29) is 12.5 Å². The van der Waals surface area contributed by atoms with Crippen LogP contribution in [0.1, 0.15) is 30.9 Å². The van der Waals surface area contributed by atoms with Crippen molar-refractivity contribution in [1.82, 2.24) is 20.5 Å². The molecule has 3 N–H and O–H groups in total. The highest BCUT2D eigenvalue weighted by atomic mass is 16.5. The molecule has 0 unspecified atom stereocenters. The molecule has 1 aromatic heterocycles. The maximum atomic E-state index is 12.7. The molecule has 1 aliphatic rings. The van der Waals surface area contributed by atoms with Crippen molar-refractivity contribution >= 4 is 28.7 Å². The number of benzene rings is 2. The summed E-state index contributed by atoms with van der Waals surface area (Å²) >= 11 is 0. The third-order valence-electron chi connectivity index (χ3n) is 5.76. The van der Waals surface area contributed by atoms with Crippen molar-refractivity contribution in [3.63, 3.8) is 0 Å². The smallest absolute Gasteiger partial charge is 0.325 e. The van der Waals surface area contributed by atoms with Crippen LogP contribution in [0.5, 0.6) is 5.75 Å². The fraction of sp³-hybridized carbons (Fsp3) is 0.292. The quantitative estimate of drug-likeness (QED) is 0.498. The molecule has 0 radical (unpaired) electrons. The topological polar surface area (TPSA) is 104 Å². The lowest BCUT2D eigenvalue weighted by atomic mass is 9.90. The largest absolute Gasteiger partial charge is 0.497 e. The van der Waals surface area contributed by atoms with Gasteiger partial charge in [-0.2, -0.15) is 0 Å². The van der Waals surface area contributed by atoms with Gasteiger partial charge in [0, 0.05) is 29.6 Å². The summed E-state index contributed by atoms with van der Waals surface area (Å²) in [5.74, 6) is -0.206. The van der Waals surface area contributed by atoms with Crippen molar-refractivity contribution in [2.24, 2.45) is 0 Å². The number of nitrogens with one attached hydrogen (secondary N) is 3. The van der Waals surface area contributed by atoms with Gasteiger partial charge in [0.1, 0.15) is 17.8 Å². The van der Waals surface area contributed by atoms with Gasteiger partial charge in [0.25, 0.3) is 5.91 Å². The molecule has 0 bridgehead atoms. The van der Waals surface area contributed by atoms with Crippen LogP contribution in [0.4, 0.5) is 4.79 Å². The molecule has 32 heavy (non-hydrogen) atoms. The van der Waals surface area contributed by atoms with Crippen molar-refractivity contribution in [3.8, 4) is 5.75 Å². The zero-order chi connectivity index (χ0) is 22.9. The fourth-order valence-electron chi connectivity index (χ4n) is 4.00. The number of hydrogen-bond donors (Lipinski definition) is 3. The van der Waals surface area contributed by atoms with Crippen LogP contribution in [0.2, 0.25) is 0 Å². The molecule has 2 aromatic carbocycles. The van der Waals surface area contributed by atoms with E-state index < -0.39 is 23.4 Å². The van der Waals surface area contributed by atoms with Gasteiger partial charge < -0.3 is 20.4 Å². The molecule has 8 heteroatoms. The lowest BCUT2D eigenvalue weighted by Gasteiger charge is -2.20. The molecule has 0 aliphatic carbocycles. The van der Waals surface area contributed by atoms with E-state index >= 15 is 0 Å². The number of urea groups is 1. The number of H-pyrrole nitrogens is 1. The number of nitrogens with zero attached hydrogens (tertiary/aromatic N) is 1. The Balaban J connectivity index is 1.55. The summed E-state index contributed by atoms with van der Waals surface area (Å²) < 4.78 is 5.27. The minimum absolute atomic E-state index is 0.138. The highest BCUT2D eigenvalue weighted by Gasteiger charge is 2.44. The Morgan fingerprint density at radius 2 is 1.84 bits per heavy atom. The number of amides is 4. The van der Waals surface area contributed by atoms with Gasteiger partial charge in [0.15, 0.2) is 0 Å². The van der Waals surface area contributed by atoms with E-state index in [1.165, 1.54) is 0 Å². The van der Waals surface area contributed by atoms with Crippen LogP contribution in [0.25, 0.3) is 10.9 Å². The first-order valence-electron chi connectivity index (χ1n) is 10.4. The molecule has 1 saturated heterocycles. The molecule has 1 fully saturated rings. The van der Waals surface area contributed by atoms with E-state index in [0.29, 0.717) is 6.54 Å². The predicted octanol–water partition coefficient (Wildman–Crippen LogP) is 2.76. The van der Waals surface area contributed by atoms with Crippen LogP contribution in [0.3, 0.4) is 0 Å². The van der Waals surface area contributed by atoms with E-state index in [4.69, 9.17) is 4.74 Å². The van der Waals surface area contributed by atoms with Gasteiger partial charge in [0.05, 0.1) is 7.11 Å². The summed E-state index contributed by atoms with van der Waals surface area (Å²) in [5.41, 5.74) is 2.05. The number of fused-ring (bicyclic) bond motifs is 1. The van der Waals surface area contributed by atoms with Crippen molar-refractivity contribution in [2.75, 3.05) is 20.2 Å². The number of ether oxygens (including phenoxy) is 1. The second-order valence-electron chi connectivity index (χ2n) is 8.37. The molecule has 1 aliphatic heterocycles. The van der Waals surface area contributed by atoms with Crippen molar-refractivity contribution < 1.29 is 19.1 Å². The van der Waals surface area contributed by atoms with Crippen LogP contribution in [-0.2, 0) is 9.59 Å². The molecular formula is C24H26N4O4. The summed E-state index contributed by atoms with van der Waals surface area (Å²) in [7, 11) is 1.61. The zero-order valence-electron chi connectivity index (χ0n) is 18.3. The third-order valence-corrected chi connectivity index (χ3v) is 5.76. The van der Waals surface area contributed by atoms with Crippen LogP contribution in [-0.4, -0.2) is 53.5 Å². The number of methoxy groups -OCH3 is 1. The number of hydrogen-bond acceptors (Lipinski definition) is 4. The van der Waals surface area contributed by atoms with Gasteiger partial charge in [-0.3, -0.25) is 14.5 Å². The number of para-hydroxylation sites is 1. The zero-order valence-corrected chi connectivity index (χ0v) is 18.3. The predicted molar refractivity (Wildman–Crippen MR) is 120 cm³/mol. The number of aromatic nitrogens is 1. The minimum Gasteiger partial charge on any atom is -0.497 e. The summed E-state index contributed by atoms with van der Waals surface area (Å²) in [6.45, 7) is 3.21. The average molecular weight is 434 g/mol. The highest BCUT2D eigenvalue weighted by molar-refractivity contribution is 6.08. The summed E-state index contributed by atoms with van der Waals surface area (Å²) in [6.07, 6.45) is 1.95. The first-order valence-corrected chi connectivity index (χ1v) is 10.4. The Bertz CT molecular complexity index is 1170. The average Bonchev–Trinajstić information content (AvgIpc) is 3.28. The van der Waals surface area contributed by atoms with E-state index in [0.717, 1.165) is 32.7 Å². The third kappa shape index (κ3) is 4.03. The number of aromatic amines is 1. The fourth-order valence-corrected chi connectivity index (χ4v) is 4.00. The summed E-state index contributed by atoms with van der Waals surface area (Å²) in [4.78, 5) is 41.4. The Morgan fingerprint density at radius 1 is 1.12 bits per heavy atom. The van der Waals surface area contributed by atoms with E-state index in [1.54, 1.807) is 21.0 Å². The van der Waals surface area contributed by atoms with Crippen LogP contribution in [0, 0.1) is 0 Å². The van der Waals surface area contributed by atoms with E-state index in [2.05, 4.69) is 15.6 Å². The molecule has 0 spiro atoms. The highest BCUT2D eigenvalue weighted by Crippen LogP contribution is 2.31. The molecule has 8 nitrogen and oxygen atoms in total. The Morgan fingerprint density at radius 3 is 2.50 bits per heavy atom. The number of carbonyl (C=O) groups is 3. The van der Waals surface area contributed by atoms with Crippen molar-refractivity contribution in [3.05, 3.63) is 65.9 Å². The first kappa shape index (κ1) is 21.4. The summed E-state index contributed by atoms with van der Waals surface area (Å²) in [6, 6.07) is 15.1. The second-order valence-corrected chi connectivity index (χ2v) is 8.37. The second kappa shape index (κ2) is 8.37. The monoisotopic (exact) mass is 434 g/mol. The van der Waals surface area contributed by atoms with Gasteiger partial charge in [-0.1, -0.05) is 30.3 Å². The summed E-state index contributed by atoms with van der Waals surface area (Å²) in [5, 5.41) is 6.55. The Kier molecular flexibility index (Phi) is 5.61. The molecule has 4 amide bonds. The molecule has 166 valence electrons. The molecule has 3 aromatic rings. The maximum absolute atomic E-state index is 12.7. The molecule has 1 atom stereocenters. The van der Waals surface area contributed by atoms with Gasteiger partial charge in [-0.15, -0.1) is 0 Å². The first-order chi connectivity index (χ1) is 15.3. The lowest BCUT2D eigenvalue weighted by Crippen LogP contribution is -2.43. The van der Waals surface area contributed by atoms with Crippen LogP contribution >= 0.6 is 0 Å². The molecule has 2 heterocycles. The van der Waals surface area contributed by atoms with Crippen molar-refractivity contribution in [1.29, 1.82) is 0 Å². The van der Waals surface area contributed by atoms with Crippen LogP contribution in [0.15, 0.2) is 54.7 Å². The van der Waals surface area contributed by atoms with Gasteiger partial charge >= 0.3 is 6.03 Å². The normalized spacial score (nSPS) is 16.2. The SMILES string of the molecule is COc1ccc([C@@H](CNC(=O)CN2C(=O)NC(C)(C)C2=O)c2c[nH]c3ccccc23)cc1. The van der Waals surface area contributed by atoms with Crippen molar-refractivity contribution in [2.45, 2.75) is 25.3 Å². The number of carbonyl (C=O) groups excluding carboxylic acids is 3. The standard InChI is InChI=1S/C24H26N4O4/c1-24(2)22(30)28(23(31)27-24)14-21(29)26-12-18(15-8-10-16(32-3)11-9-15)19-13-25-20-7-5-4-6-17(19)20/h4-11,13,18,25H,12,14H2,1-3H3,(H,26,29)(H,27,31)/t18-/m1/s1. The van der Waals surface area contributed by atoms with E-state index in [1.807, 2.05) is 54.7 Å². The maximum Gasteiger partial charge on any atom is 0.325 e.